The van der Waals surface area contributed by atoms with Crippen molar-refractivity contribution in [3.63, 3.8) is 0 Å². The Morgan fingerprint density at radius 1 is 0.750 bits per heavy atom. The van der Waals surface area contributed by atoms with Crippen LogP contribution in [0.15, 0.2) is 0 Å². The van der Waals surface area contributed by atoms with E-state index < -0.39 is 11.2 Å². The van der Waals surface area contributed by atoms with Crippen LogP contribution in [0.2, 0.25) is 0 Å². The van der Waals surface area contributed by atoms with Crippen LogP contribution in [0.1, 0.15) is 80.1 Å². The molecule has 0 aromatic carbocycles. The molecule has 0 spiro atoms. The Morgan fingerprint density at radius 3 is 1.88 bits per heavy atom. The second kappa shape index (κ2) is 7.05. The molecule has 0 heterocycles. The van der Waals surface area contributed by atoms with Gasteiger partial charge in [-0.3, -0.25) is 9.59 Å². The molecule has 4 unspecified atom stereocenters. The fourth-order valence-corrected chi connectivity index (χ4v) is 4.29. The third-order valence-corrected chi connectivity index (χ3v) is 5.10. The molecule has 4 nitrogen and oxygen atoms in total. The Bertz CT molecular complexity index is 469. The molecule has 2 aliphatic carbocycles. The van der Waals surface area contributed by atoms with Crippen molar-refractivity contribution in [1.82, 2.24) is 0 Å². The van der Waals surface area contributed by atoms with Crippen LogP contribution in [0.3, 0.4) is 0 Å². The van der Waals surface area contributed by atoms with Gasteiger partial charge in [-0.25, -0.2) is 0 Å². The van der Waals surface area contributed by atoms with Crippen LogP contribution in [0.5, 0.6) is 0 Å². The van der Waals surface area contributed by atoms with E-state index in [0.29, 0.717) is 5.92 Å². The molecule has 2 fully saturated rings. The van der Waals surface area contributed by atoms with Crippen molar-refractivity contribution in [3.8, 4) is 0 Å². The summed E-state index contributed by atoms with van der Waals surface area (Å²) in [7, 11) is 0. The predicted octanol–water partition coefficient (Wildman–Crippen LogP) is 4.50. The van der Waals surface area contributed by atoms with Crippen LogP contribution in [0.25, 0.3) is 0 Å². The van der Waals surface area contributed by atoms with E-state index >= 15 is 0 Å². The average molecular weight is 338 g/mol. The molecular formula is C20H34O4. The van der Waals surface area contributed by atoms with E-state index in [1.165, 1.54) is 12.8 Å². The maximum Gasteiger partial charge on any atom is 0.310 e. The highest BCUT2D eigenvalue weighted by Crippen LogP contribution is 2.47. The molecule has 0 aliphatic heterocycles. The van der Waals surface area contributed by atoms with Crippen molar-refractivity contribution in [2.24, 2.45) is 23.7 Å². The zero-order chi connectivity index (χ0) is 18.1. The molecule has 0 radical (unpaired) electrons. The molecule has 0 N–H and O–H groups in total. The van der Waals surface area contributed by atoms with Crippen molar-refractivity contribution in [2.45, 2.75) is 91.3 Å². The second-order valence-electron chi connectivity index (χ2n) is 9.48. The van der Waals surface area contributed by atoms with Gasteiger partial charge >= 0.3 is 11.9 Å². The number of hydrogen-bond donors (Lipinski definition) is 0. The summed E-state index contributed by atoms with van der Waals surface area (Å²) in [6, 6.07) is 0. The molecule has 0 amide bonds. The lowest BCUT2D eigenvalue weighted by atomic mass is 9.61. The lowest BCUT2D eigenvalue weighted by Gasteiger charge is -2.44. The van der Waals surface area contributed by atoms with Gasteiger partial charge in [-0.05, 0) is 72.6 Å². The largest absolute Gasteiger partial charge is 0.460 e. The Kier molecular flexibility index (Phi) is 5.66. The lowest BCUT2D eigenvalue weighted by Crippen LogP contribution is -2.47. The van der Waals surface area contributed by atoms with E-state index in [1.54, 1.807) is 0 Å². The molecule has 2 saturated carbocycles. The van der Waals surface area contributed by atoms with Crippen molar-refractivity contribution >= 4 is 11.9 Å². The van der Waals surface area contributed by atoms with E-state index in [4.69, 9.17) is 9.47 Å². The van der Waals surface area contributed by atoms with Gasteiger partial charge in [-0.15, -0.1) is 0 Å². The van der Waals surface area contributed by atoms with E-state index in [9.17, 15) is 9.59 Å². The molecule has 0 saturated heterocycles. The van der Waals surface area contributed by atoms with Crippen LogP contribution in [-0.2, 0) is 19.1 Å². The van der Waals surface area contributed by atoms with Crippen molar-refractivity contribution in [2.75, 3.05) is 0 Å². The fraction of sp³-hybridized carbons (Fsp3) is 0.900. The monoisotopic (exact) mass is 338 g/mol. The number of esters is 2. The van der Waals surface area contributed by atoms with Gasteiger partial charge < -0.3 is 9.47 Å². The summed E-state index contributed by atoms with van der Waals surface area (Å²) < 4.78 is 11.3. The molecular weight excluding hydrogens is 304 g/mol. The van der Waals surface area contributed by atoms with E-state index in [-0.39, 0.29) is 29.7 Å². The standard InChI is InChI=1S/C20H34O4/c1-19(2,3)23-17(21)15-12-11-13-9-7-8-10-14(13)16(15)18(22)24-20(4,5)6/h13-16H,7-12H2,1-6H3. The number of fused-ring (bicyclic) bond motifs is 1. The summed E-state index contributed by atoms with van der Waals surface area (Å²) in [4.78, 5) is 25.7. The van der Waals surface area contributed by atoms with Crippen molar-refractivity contribution in [3.05, 3.63) is 0 Å². The van der Waals surface area contributed by atoms with Crippen LogP contribution in [0, 0.1) is 23.7 Å². The first-order valence-corrected chi connectivity index (χ1v) is 9.44. The molecule has 0 aromatic heterocycles. The molecule has 24 heavy (non-hydrogen) atoms. The molecule has 4 heteroatoms. The van der Waals surface area contributed by atoms with E-state index in [0.717, 1.165) is 25.7 Å². The van der Waals surface area contributed by atoms with Gasteiger partial charge in [0, 0.05) is 0 Å². The van der Waals surface area contributed by atoms with Gasteiger partial charge in [-0.2, -0.15) is 0 Å². The number of carbonyl (C=O) groups excluding carboxylic acids is 2. The maximum atomic E-state index is 12.9. The number of hydrogen-bond acceptors (Lipinski definition) is 4. The van der Waals surface area contributed by atoms with Crippen molar-refractivity contribution < 1.29 is 19.1 Å². The van der Waals surface area contributed by atoms with E-state index in [2.05, 4.69) is 0 Å². The zero-order valence-corrected chi connectivity index (χ0v) is 16.2. The second-order valence-corrected chi connectivity index (χ2v) is 9.48. The van der Waals surface area contributed by atoms with Crippen LogP contribution in [0.4, 0.5) is 0 Å². The maximum absolute atomic E-state index is 12.9. The summed E-state index contributed by atoms with van der Waals surface area (Å²) in [5.41, 5.74) is -1.06. The summed E-state index contributed by atoms with van der Waals surface area (Å²) >= 11 is 0. The van der Waals surface area contributed by atoms with Crippen LogP contribution < -0.4 is 0 Å². The predicted molar refractivity (Wildman–Crippen MR) is 93.4 cm³/mol. The van der Waals surface area contributed by atoms with E-state index in [1.807, 2.05) is 41.5 Å². The highest BCUT2D eigenvalue weighted by molar-refractivity contribution is 5.83. The van der Waals surface area contributed by atoms with Gasteiger partial charge in [0.25, 0.3) is 0 Å². The highest BCUT2D eigenvalue weighted by atomic mass is 16.6. The van der Waals surface area contributed by atoms with Gasteiger partial charge in [-0.1, -0.05) is 19.3 Å². The number of rotatable bonds is 2. The lowest BCUT2D eigenvalue weighted by molar-refractivity contribution is -0.180. The molecule has 138 valence electrons. The molecule has 2 aliphatic rings. The minimum atomic E-state index is -0.531. The minimum absolute atomic E-state index is 0.213. The summed E-state index contributed by atoms with van der Waals surface area (Å²) in [6.07, 6.45) is 6.33. The Hall–Kier alpha value is -1.06. The number of ether oxygens (including phenoxy) is 2. The minimum Gasteiger partial charge on any atom is -0.460 e. The third kappa shape index (κ3) is 4.97. The Labute approximate surface area is 146 Å². The SMILES string of the molecule is CC(C)(C)OC(=O)C1CCC2CCCCC2C1C(=O)OC(C)(C)C. The fourth-order valence-electron chi connectivity index (χ4n) is 4.29. The molecule has 0 bridgehead atoms. The molecule has 2 rings (SSSR count). The summed E-state index contributed by atoms with van der Waals surface area (Å²) in [5.74, 6) is -0.344. The third-order valence-electron chi connectivity index (χ3n) is 5.10. The highest BCUT2D eigenvalue weighted by Gasteiger charge is 2.49. The first kappa shape index (κ1) is 19.3. The van der Waals surface area contributed by atoms with Gasteiger partial charge in [0.15, 0.2) is 0 Å². The molecule has 0 aromatic rings. The van der Waals surface area contributed by atoms with Gasteiger partial charge in [0.05, 0.1) is 11.8 Å². The summed E-state index contributed by atoms with van der Waals surface area (Å²) in [6.45, 7) is 11.3. The normalized spacial score (nSPS) is 31.1. The number of carbonyl (C=O) groups is 2. The Balaban J connectivity index is 2.23. The van der Waals surface area contributed by atoms with Gasteiger partial charge in [0.1, 0.15) is 11.2 Å². The smallest absolute Gasteiger partial charge is 0.310 e. The van der Waals surface area contributed by atoms with Gasteiger partial charge in [0.2, 0.25) is 0 Å². The Morgan fingerprint density at radius 2 is 1.29 bits per heavy atom. The zero-order valence-electron chi connectivity index (χ0n) is 16.2. The quantitative estimate of drug-likeness (QED) is 0.696. The topological polar surface area (TPSA) is 52.6 Å². The van der Waals surface area contributed by atoms with Crippen molar-refractivity contribution in [1.29, 1.82) is 0 Å². The van der Waals surface area contributed by atoms with Crippen LogP contribution >= 0.6 is 0 Å². The first-order chi connectivity index (χ1) is 11.0. The average Bonchev–Trinajstić information content (AvgIpc) is 2.42. The van der Waals surface area contributed by atoms with Crippen LogP contribution in [-0.4, -0.2) is 23.1 Å². The summed E-state index contributed by atoms with van der Waals surface area (Å²) in [5, 5.41) is 0. The first-order valence-electron chi connectivity index (χ1n) is 9.44. The molecule has 4 atom stereocenters.